The average molecular weight is 341 g/mol. The second-order valence-electron chi connectivity index (χ2n) is 4.88. The Morgan fingerprint density at radius 3 is 2.74 bits per heavy atom. The SMILES string of the molecule is CC(=NNC(=O)Cc1nc(-c2ccccc2)cs1)c1cccs1. The summed E-state index contributed by atoms with van der Waals surface area (Å²) in [6.07, 6.45) is 0.235. The van der Waals surface area contributed by atoms with Gasteiger partial charge >= 0.3 is 0 Å². The first-order chi connectivity index (χ1) is 11.2. The highest BCUT2D eigenvalue weighted by molar-refractivity contribution is 7.12. The molecule has 23 heavy (non-hydrogen) atoms. The first-order valence-electron chi connectivity index (χ1n) is 7.09. The number of hydrazone groups is 1. The van der Waals surface area contributed by atoms with Crippen LogP contribution >= 0.6 is 22.7 Å². The van der Waals surface area contributed by atoms with Crippen LogP contribution in [0.1, 0.15) is 16.8 Å². The van der Waals surface area contributed by atoms with Crippen molar-refractivity contribution in [3.8, 4) is 11.3 Å². The van der Waals surface area contributed by atoms with Crippen LogP contribution in [0.15, 0.2) is 58.3 Å². The van der Waals surface area contributed by atoms with E-state index in [0.717, 1.165) is 26.9 Å². The zero-order valence-electron chi connectivity index (χ0n) is 12.5. The molecule has 1 amide bonds. The van der Waals surface area contributed by atoms with Gasteiger partial charge in [-0.05, 0) is 18.4 Å². The topological polar surface area (TPSA) is 54.4 Å². The van der Waals surface area contributed by atoms with Gasteiger partial charge in [0, 0.05) is 15.8 Å². The molecule has 3 rings (SSSR count). The summed E-state index contributed by atoms with van der Waals surface area (Å²) in [6, 6.07) is 13.9. The number of aromatic nitrogens is 1. The third-order valence-electron chi connectivity index (χ3n) is 3.16. The Morgan fingerprint density at radius 1 is 1.17 bits per heavy atom. The van der Waals surface area contributed by atoms with Gasteiger partial charge in [0.15, 0.2) is 0 Å². The van der Waals surface area contributed by atoms with Gasteiger partial charge in [-0.2, -0.15) is 5.10 Å². The highest BCUT2D eigenvalue weighted by atomic mass is 32.1. The number of thiophene rings is 1. The van der Waals surface area contributed by atoms with E-state index < -0.39 is 0 Å². The molecular weight excluding hydrogens is 326 g/mol. The Hall–Kier alpha value is -2.31. The molecule has 0 atom stereocenters. The summed E-state index contributed by atoms with van der Waals surface area (Å²) < 4.78 is 0. The summed E-state index contributed by atoms with van der Waals surface area (Å²) in [5.74, 6) is -0.158. The number of nitrogens with one attached hydrogen (secondary N) is 1. The first kappa shape index (κ1) is 15.6. The molecule has 1 N–H and O–H groups in total. The molecule has 3 aromatic rings. The van der Waals surface area contributed by atoms with Crippen molar-refractivity contribution in [3.63, 3.8) is 0 Å². The molecular formula is C17H15N3OS2. The van der Waals surface area contributed by atoms with Crippen molar-refractivity contribution in [3.05, 3.63) is 63.1 Å². The predicted molar refractivity (Wildman–Crippen MR) is 95.9 cm³/mol. The van der Waals surface area contributed by atoms with Crippen LogP contribution in [0, 0.1) is 0 Å². The standard InChI is InChI=1S/C17H15N3OS2/c1-12(15-8-5-9-22-15)19-20-16(21)10-17-18-14(11-23-17)13-6-3-2-4-7-13/h2-9,11H,10H2,1H3,(H,20,21). The lowest BCUT2D eigenvalue weighted by atomic mass is 10.2. The minimum Gasteiger partial charge on any atom is -0.273 e. The maximum Gasteiger partial charge on any atom is 0.246 e. The summed E-state index contributed by atoms with van der Waals surface area (Å²) in [7, 11) is 0. The fourth-order valence-electron chi connectivity index (χ4n) is 2.00. The van der Waals surface area contributed by atoms with Crippen molar-refractivity contribution in [1.29, 1.82) is 0 Å². The predicted octanol–water partition coefficient (Wildman–Crippen LogP) is 3.95. The van der Waals surface area contributed by atoms with Gasteiger partial charge in [0.05, 0.1) is 17.8 Å². The van der Waals surface area contributed by atoms with Gasteiger partial charge in [0.25, 0.3) is 0 Å². The lowest BCUT2D eigenvalue weighted by Gasteiger charge is -1.99. The molecule has 2 heterocycles. The Balaban J connectivity index is 1.60. The number of nitrogens with zero attached hydrogens (tertiary/aromatic N) is 2. The minimum atomic E-state index is -0.158. The van der Waals surface area contributed by atoms with E-state index in [9.17, 15) is 4.79 Å². The second-order valence-corrected chi connectivity index (χ2v) is 6.77. The number of benzene rings is 1. The van der Waals surface area contributed by atoms with Crippen molar-refractivity contribution < 1.29 is 4.79 Å². The molecule has 2 aromatic heterocycles. The molecule has 6 heteroatoms. The van der Waals surface area contributed by atoms with Crippen LogP contribution in [-0.2, 0) is 11.2 Å². The van der Waals surface area contributed by atoms with Crippen LogP contribution in [0.25, 0.3) is 11.3 Å². The number of hydrogen-bond acceptors (Lipinski definition) is 5. The molecule has 0 aliphatic carbocycles. The summed E-state index contributed by atoms with van der Waals surface area (Å²) in [5, 5.41) is 8.87. The Labute approximate surface area is 142 Å². The van der Waals surface area contributed by atoms with E-state index in [-0.39, 0.29) is 12.3 Å². The maximum atomic E-state index is 12.0. The van der Waals surface area contributed by atoms with Gasteiger partial charge in [-0.15, -0.1) is 22.7 Å². The molecule has 0 bridgehead atoms. The van der Waals surface area contributed by atoms with E-state index in [0.29, 0.717) is 0 Å². The lowest BCUT2D eigenvalue weighted by molar-refractivity contribution is -0.120. The smallest absolute Gasteiger partial charge is 0.246 e. The third-order valence-corrected chi connectivity index (χ3v) is 4.99. The zero-order chi connectivity index (χ0) is 16.1. The molecule has 0 spiro atoms. The summed E-state index contributed by atoms with van der Waals surface area (Å²) in [6.45, 7) is 1.88. The van der Waals surface area contributed by atoms with Gasteiger partial charge in [0.1, 0.15) is 5.01 Å². The fraction of sp³-hybridized carbons (Fsp3) is 0.118. The fourth-order valence-corrected chi connectivity index (χ4v) is 3.48. The lowest BCUT2D eigenvalue weighted by Crippen LogP contribution is -2.21. The molecule has 0 aliphatic rings. The highest BCUT2D eigenvalue weighted by Gasteiger charge is 2.09. The van der Waals surface area contributed by atoms with Crippen molar-refractivity contribution in [2.45, 2.75) is 13.3 Å². The van der Waals surface area contributed by atoms with E-state index in [2.05, 4.69) is 15.5 Å². The van der Waals surface area contributed by atoms with Crippen molar-refractivity contribution in [2.24, 2.45) is 5.10 Å². The van der Waals surface area contributed by atoms with Gasteiger partial charge in [-0.25, -0.2) is 10.4 Å². The van der Waals surface area contributed by atoms with Crippen molar-refractivity contribution >= 4 is 34.3 Å². The van der Waals surface area contributed by atoms with E-state index in [1.807, 2.05) is 60.1 Å². The number of thiazole rings is 1. The third kappa shape index (κ3) is 4.12. The van der Waals surface area contributed by atoms with Crippen LogP contribution in [-0.4, -0.2) is 16.6 Å². The quantitative estimate of drug-likeness (QED) is 0.564. The Bertz CT molecular complexity index is 808. The number of amides is 1. The molecule has 0 aliphatic heterocycles. The largest absolute Gasteiger partial charge is 0.273 e. The van der Waals surface area contributed by atoms with Crippen LogP contribution in [0.3, 0.4) is 0 Å². The van der Waals surface area contributed by atoms with E-state index in [4.69, 9.17) is 0 Å². The minimum absolute atomic E-state index is 0.158. The monoisotopic (exact) mass is 341 g/mol. The maximum absolute atomic E-state index is 12.0. The zero-order valence-corrected chi connectivity index (χ0v) is 14.2. The highest BCUT2D eigenvalue weighted by Crippen LogP contribution is 2.21. The Morgan fingerprint density at radius 2 is 2.00 bits per heavy atom. The van der Waals surface area contributed by atoms with E-state index >= 15 is 0 Å². The number of carbonyl (C=O) groups excluding carboxylic acids is 1. The molecule has 1 aromatic carbocycles. The normalized spacial score (nSPS) is 11.4. The van der Waals surface area contributed by atoms with Gasteiger partial charge < -0.3 is 0 Å². The van der Waals surface area contributed by atoms with Crippen LogP contribution < -0.4 is 5.43 Å². The Kier molecular flexibility index (Phi) is 4.95. The summed E-state index contributed by atoms with van der Waals surface area (Å²) in [5.41, 5.74) is 5.35. The first-order valence-corrected chi connectivity index (χ1v) is 8.85. The van der Waals surface area contributed by atoms with Crippen LogP contribution in [0.2, 0.25) is 0 Å². The van der Waals surface area contributed by atoms with Gasteiger partial charge in [-0.3, -0.25) is 4.79 Å². The molecule has 0 fully saturated rings. The number of carbonyl (C=O) groups is 1. The average Bonchev–Trinajstić information content (AvgIpc) is 3.25. The molecule has 0 radical (unpaired) electrons. The molecule has 0 unspecified atom stereocenters. The van der Waals surface area contributed by atoms with Crippen LogP contribution in [0.5, 0.6) is 0 Å². The molecule has 0 saturated heterocycles. The number of hydrogen-bond donors (Lipinski definition) is 1. The molecule has 116 valence electrons. The van der Waals surface area contributed by atoms with Gasteiger partial charge in [0.2, 0.25) is 5.91 Å². The van der Waals surface area contributed by atoms with Crippen molar-refractivity contribution in [1.82, 2.24) is 10.4 Å². The second kappa shape index (κ2) is 7.30. The number of rotatable bonds is 5. The van der Waals surface area contributed by atoms with E-state index in [1.54, 1.807) is 11.3 Å². The molecule has 4 nitrogen and oxygen atoms in total. The summed E-state index contributed by atoms with van der Waals surface area (Å²) >= 11 is 3.08. The summed E-state index contributed by atoms with van der Waals surface area (Å²) in [4.78, 5) is 17.5. The van der Waals surface area contributed by atoms with Crippen LogP contribution in [0.4, 0.5) is 0 Å². The van der Waals surface area contributed by atoms with E-state index in [1.165, 1.54) is 11.3 Å². The molecule has 0 saturated carbocycles. The van der Waals surface area contributed by atoms with Crippen molar-refractivity contribution in [2.75, 3.05) is 0 Å². The van der Waals surface area contributed by atoms with Gasteiger partial charge in [-0.1, -0.05) is 36.4 Å².